The molecule has 2 aromatic rings. The standard InChI is InChI=1S/C11H9F4N3S/c12-7-4-2-1-3-6(7)9(18-16)8-5-17-10(19-8)11(13,14)15/h1-5,9,18H,16H2. The summed E-state index contributed by atoms with van der Waals surface area (Å²) in [5, 5.41) is -0.987. The van der Waals surface area contributed by atoms with Crippen LogP contribution in [0.4, 0.5) is 17.6 Å². The van der Waals surface area contributed by atoms with E-state index in [2.05, 4.69) is 10.4 Å². The second-order valence-electron chi connectivity index (χ2n) is 3.69. The highest BCUT2D eigenvalue weighted by Crippen LogP contribution is 2.36. The number of halogens is 4. The predicted octanol–water partition coefficient (Wildman–Crippen LogP) is 2.85. The minimum Gasteiger partial charge on any atom is -0.271 e. The topological polar surface area (TPSA) is 50.9 Å². The molecule has 1 atom stereocenters. The summed E-state index contributed by atoms with van der Waals surface area (Å²) in [4.78, 5) is 3.48. The molecule has 8 heteroatoms. The van der Waals surface area contributed by atoms with Crippen LogP contribution in [0.2, 0.25) is 0 Å². The molecule has 2 rings (SSSR count). The van der Waals surface area contributed by atoms with Crippen LogP contribution in [0.15, 0.2) is 30.5 Å². The first kappa shape index (κ1) is 13.9. The Morgan fingerprint density at radius 3 is 2.47 bits per heavy atom. The molecule has 0 amide bonds. The molecular formula is C11H9F4N3S. The Morgan fingerprint density at radius 1 is 1.26 bits per heavy atom. The molecule has 0 fully saturated rings. The highest BCUT2D eigenvalue weighted by atomic mass is 32.1. The van der Waals surface area contributed by atoms with Crippen LogP contribution in [0.3, 0.4) is 0 Å². The first-order valence-corrected chi connectivity index (χ1v) is 5.98. The molecule has 1 aromatic heterocycles. The van der Waals surface area contributed by atoms with Crippen molar-refractivity contribution in [3.05, 3.63) is 51.7 Å². The molecule has 0 aliphatic heterocycles. The van der Waals surface area contributed by atoms with E-state index in [4.69, 9.17) is 5.84 Å². The lowest BCUT2D eigenvalue weighted by Crippen LogP contribution is -2.28. The Labute approximate surface area is 110 Å². The number of benzene rings is 1. The minimum absolute atomic E-state index is 0.169. The summed E-state index contributed by atoms with van der Waals surface area (Å²) >= 11 is 0.431. The Balaban J connectivity index is 2.38. The fraction of sp³-hybridized carbons (Fsp3) is 0.182. The summed E-state index contributed by atoms with van der Waals surface area (Å²) in [6.07, 6.45) is -3.47. The molecule has 1 aromatic carbocycles. The molecule has 0 aliphatic carbocycles. The van der Waals surface area contributed by atoms with Crippen molar-refractivity contribution in [2.24, 2.45) is 5.84 Å². The Kier molecular flexibility index (Phi) is 3.83. The molecular weight excluding hydrogens is 282 g/mol. The molecule has 0 bridgehead atoms. The second kappa shape index (κ2) is 5.24. The van der Waals surface area contributed by atoms with E-state index < -0.39 is 23.0 Å². The van der Waals surface area contributed by atoms with Gasteiger partial charge in [0.05, 0.1) is 6.04 Å². The molecule has 0 aliphatic rings. The average Bonchev–Trinajstić information content (AvgIpc) is 2.82. The summed E-state index contributed by atoms with van der Waals surface area (Å²) in [6.45, 7) is 0. The first-order chi connectivity index (χ1) is 8.93. The third-order valence-corrected chi connectivity index (χ3v) is 3.54. The summed E-state index contributed by atoms with van der Waals surface area (Å²) in [7, 11) is 0. The van der Waals surface area contributed by atoms with Crippen molar-refractivity contribution in [3.63, 3.8) is 0 Å². The zero-order chi connectivity index (χ0) is 14.0. The third kappa shape index (κ3) is 2.91. The number of nitrogens with one attached hydrogen (secondary N) is 1. The number of aromatic nitrogens is 1. The SMILES string of the molecule is NNC(c1cnc(C(F)(F)F)s1)c1ccccc1F. The van der Waals surface area contributed by atoms with E-state index in [0.29, 0.717) is 11.3 Å². The van der Waals surface area contributed by atoms with Crippen LogP contribution >= 0.6 is 11.3 Å². The van der Waals surface area contributed by atoms with Gasteiger partial charge < -0.3 is 0 Å². The Hall–Kier alpha value is -1.51. The number of alkyl halides is 3. The van der Waals surface area contributed by atoms with Crippen molar-refractivity contribution in [1.29, 1.82) is 0 Å². The van der Waals surface area contributed by atoms with Crippen LogP contribution in [0.1, 0.15) is 21.5 Å². The number of thiazole rings is 1. The van der Waals surface area contributed by atoms with E-state index in [-0.39, 0.29) is 10.4 Å². The van der Waals surface area contributed by atoms with Gasteiger partial charge in [-0.15, -0.1) is 11.3 Å². The molecule has 102 valence electrons. The van der Waals surface area contributed by atoms with E-state index in [1.165, 1.54) is 18.2 Å². The van der Waals surface area contributed by atoms with Gasteiger partial charge in [0.25, 0.3) is 0 Å². The lowest BCUT2D eigenvalue weighted by molar-refractivity contribution is -0.137. The lowest BCUT2D eigenvalue weighted by atomic mass is 10.1. The van der Waals surface area contributed by atoms with Gasteiger partial charge in [0.1, 0.15) is 5.82 Å². The molecule has 0 spiro atoms. The zero-order valence-electron chi connectivity index (χ0n) is 9.41. The highest BCUT2D eigenvalue weighted by molar-refractivity contribution is 7.11. The van der Waals surface area contributed by atoms with Crippen LogP contribution in [-0.2, 0) is 6.18 Å². The smallest absolute Gasteiger partial charge is 0.271 e. The van der Waals surface area contributed by atoms with Gasteiger partial charge in [-0.05, 0) is 6.07 Å². The number of hydrogen-bond acceptors (Lipinski definition) is 4. The van der Waals surface area contributed by atoms with Crippen molar-refractivity contribution in [1.82, 2.24) is 10.4 Å². The van der Waals surface area contributed by atoms with Gasteiger partial charge in [-0.1, -0.05) is 18.2 Å². The van der Waals surface area contributed by atoms with Gasteiger partial charge in [-0.2, -0.15) is 13.2 Å². The number of nitrogens with two attached hydrogens (primary N) is 1. The van der Waals surface area contributed by atoms with Crippen LogP contribution in [-0.4, -0.2) is 4.98 Å². The minimum atomic E-state index is -4.52. The van der Waals surface area contributed by atoms with Crippen molar-refractivity contribution in [3.8, 4) is 0 Å². The predicted molar refractivity (Wildman–Crippen MR) is 62.7 cm³/mol. The lowest BCUT2D eigenvalue weighted by Gasteiger charge is -2.14. The normalized spacial score (nSPS) is 13.5. The monoisotopic (exact) mass is 291 g/mol. The maximum atomic E-state index is 13.6. The number of hydrogen-bond donors (Lipinski definition) is 2. The van der Waals surface area contributed by atoms with E-state index in [9.17, 15) is 17.6 Å². The molecule has 1 unspecified atom stereocenters. The van der Waals surface area contributed by atoms with E-state index in [1.54, 1.807) is 6.07 Å². The molecule has 3 nitrogen and oxygen atoms in total. The number of nitrogens with zero attached hydrogens (tertiary/aromatic N) is 1. The van der Waals surface area contributed by atoms with Crippen molar-refractivity contribution in [2.75, 3.05) is 0 Å². The molecule has 19 heavy (non-hydrogen) atoms. The van der Waals surface area contributed by atoms with Gasteiger partial charge in [-0.25, -0.2) is 14.8 Å². The fourth-order valence-electron chi connectivity index (χ4n) is 1.59. The zero-order valence-corrected chi connectivity index (χ0v) is 10.2. The second-order valence-corrected chi connectivity index (χ2v) is 4.75. The summed E-state index contributed by atoms with van der Waals surface area (Å²) in [5.74, 6) is 4.76. The van der Waals surface area contributed by atoms with Crippen LogP contribution in [0, 0.1) is 5.82 Å². The molecule has 0 saturated heterocycles. The molecule has 0 saturated carbocycles. The Bertz CT molecular complexity index is 567. The van der Waals surface area contributed by atoms with Crippen molar-refractivity contribution in [2.45, 2.75) is 12.2 Å². The fourth-order valence-corrected chi connectivity index (χ4v) is 2.45. The maximum Gasteiger partial charge on any atom is 0.443 e. The van der Waals surface area contributed by atoms with E-state index in [0.717, 1.165) is 6.20 Å². The van der Waals surface area contributed by atoms with Crippen molar-refractivity contribution < 1.29 is 17.6 Å². The van der Waals surface area contributed by atoms with Gasteiger partial charge in [-0.3, -0.25) is 5.84 Å². The largest absolute Gasteiger partial charge is 0.443 e. The van der Waals surface area contributed by atoms with Gasteiger partial charge >= 0.3 is 6.18 Å². The van der Waals surface area contributed by atoms with Crippen LogP contribution in [0.25, 0.3) is 0 Å². The van der Waals surface area contributed by atoms with Crippen LogP contribution in [0.5, 0.6) is 0 Å². The van der Waals surface area contributed by atoms with Gasteiger partial charge in [0, 0.05) is 16.6 Å². The molecule has 3 N–H and O–H groups in total. The summed E-state index contributed by atoms with van der Waals surface area (Å²) in [6, 6.07) is 4.86. The Morgan fingerprint density at radius 2 is 1.95 bits per heavy atom. The number of rotatable bonds is 3. The average molecular weight is 291 g/mol. The van der Waals surface area contributed by atoms with Gasteiger partial charge in [0.2, 0.25) is 0 Å². The molecule has 1 heterocycles. The summed E-state index contributed by atoms with van der Waals surface area (Å²) < 4.78 is 51.0. The van der Waals surface area contributed by atoms with Crippen molar-refractivity contribution >= 4 is 11.3 Å². The highest BCUT2D eigenvalue weighted by Gasteiger charge is 2.35. The van der Waals surface area contributed by atoms with Crippen LogP contribution < -0.4 is 11.3 Å². The third-order valence-electron chi connectivity index (χ3n) is 2.43. The maximum absolute atomic E-state index is 13.6. The first-order valence-electron chi connectivity index (χ1n) is 5.17. The summed E-state index contributed by atoms with van der Waals surface area (Å²) in [5.41, 5.74) is 2.47. The van der Waals surface area contributed by atoms with E-state index in [1.807, 2.05) is 0 Å². The quantitative estimate of drug-likeness (QED) is 0.519. The van der Waals surface area contributed by atoms with E-state index >= 15 is 0 Å². The molecule has 0 radical (unpaired) electrons. The number of hydrazine groups is 1. The van der Waals surface area contributed by atoms with Gasteiger partial charge in [0.15, 0.2) is 5.01 Å².